The summed E-state index contributed by atoms with van der Waals surface area (Å²) in [5.74, 6) is 1.69. The lowest BCUT2D eigenvalue weighted by Crippen LogP contribution is -2.39. The molecule has 0 saturated carbocycles. The van der Waals surface area contributed by atoms with Gasteiger partial charge in [0.2, 0.25) is 0 Å². The standard InChI is InChI=1S/C25H28N4O/c1-25(2,3)29-15-13-20(19-29)21(17-27)18-28(16-14-26)22-9-11-24(12-10-22)30-23-7-5-4-6-8-23/h4-12,18,20H,13,15-16,19H2,1-3H3/b21-18+/t20-/m1/s1. The summed E-state index contributed by atoms with van der Waals surface area (Å²) >= 11 is 0. The predicted molar refractivity (Wildman–Crippen MR) is 119 cm³/mol. The summed E-state index contributed by atoms with van der Waals surface area (Å²) in [5.41, 5.74) is 1.67. The summed E-state index contributed by atoms with van der Waals surface area (Å²) in [7, 11) is 0. The molecule has 3 rings (SSSR count). The number of nitrogens with zero attached hydrogens (tertiary/aromatic N) is 4. The van der Waals surface area contributed by atoms with Crippen molar-refractivity contribution in [3.63, 3.8) is 0 Å². The van der Waals surface area contributed by atoms with Crippen molar-refractivity contribution in [2.75, 3.05) is 24.5 Å². The van der Waals surface area contributed by atoms with Crippen molar-refractivity contribution < 1.29 is 4.74 Å². The van der Waals surface area contributed by atoms with E-state index in [1.54, 1.807) is 0 Å². The van der Waals surface area contributed by atoms with Crippen LogP contribution in [0.2, 0.25) is 0 Å². The maximum Gasteiger partial charge on any atom is 0.127 e. The molecule has 0 aromatic heterocycles. The second kappa shape index (κ2) is 9.48. The number of anilines is 1. The highest BCUT2D eigenvalue weighted by Crippen LogP contribution is 2.30. The van der Waals surface area contributed by atoms with Crippen LogP contribution < -0.4 is 9.64 Å². The van der Waals surface area contributed by atoms with Gasteiger partial charge < -0.3 is 9.64 Å². The van der Waals surface area contributed by atoms with E-state index in [-0.39, 0.29) is 18.0 Å². The van der Waals surface area contributed by atoms with E-state index in [0.717, 1.165) is 42.3 Å². The average molecular weight is 401 g/mol. The van der Waals surface area contributed by atoms with Crippen LogP contribution in [0, 0.1) is 28.6 Å². The SMILES string of the molecule is CC(C)(C)N1CC[C@@H](/C(C#N)=C/N(CC#N)c2ccc(Oc3ccccc3)cc2)C1. The van der Waals surface area contributed by atoms with Crippen LogP contribution in [0.15, 0.2) is 66.4 Å². The molecule has 5 nitrogen and oxygen atoms in total. The minimum absolute atomic E-state index is 0.0935. The van der Waals surface area contributed by atoms with Crippen molar-refractivity contribution >= 4 is 5.69 Å². The van der Waals surface area contributed by atoms with Gasteiger partial charge in [-0.15, -0.1) is 0 Å². The Morgan fingerprint density at radius 2 is 1.77 bits per heavy atom. The van der Waals surface area contributed by atoms with Crippen LogP contribution >= 0.6 is 0 Å². The molecule has 0 spiro atoms. The Bertz CT molecular complexity index is 946. The molecule has 0 radical (unpaired) electrons. The topological polar surface area (TPSA) is 63.3 Å². The van der Waals surface area contributed by atoms with Crippen LogP contribution in [0.25, 0.3) is 0 Å². The molecule has 30 heavy (non-hydrogen) atoms. The first kappa shape index (κ1) is 21.4. The van der Waals surface area contributed by atoms with Crippen LogP contribution in [-0.4, -0.2) is 30.1 Å². The van der Waals surface area contributed by atoms with E-state index in [0.29, 0.717) is 0 Å². The largest absolute Gasteiger partial charge is 0.457 e. The fraction of sp³-hybridized carbons (Fsp3) is 0.360. The minimum Gasteiger partial charge on any atom is -0.457 e. The minimum atomic E-state index is 0.0935. The Kier molecular flexibility index (Phi) is 6.77. The third kappa shape index (κ3) is 5.41. The molecule has 2 aromatic carbocycles. The molecule has 1 atom stereocenters. The van der Waals surface area contributed by atoms with E-state index < -0.39 is 0 Å². The molecule has 5 heteroatoms. The Labute approximate surface area is 179 Å². The third-order valence-electron chi connectivity index (χ3n) is 5.39. The number of hydrogen-bond donors (Lipinski definition) is 0. The Morgan fingerprint density at radius 3 is 2.33 bits per heavy atom. The molecule has 1 fully saturated rings. The molecular formula is C25H28N4O. The molecule has 0 aliphatic carbocycles. The van der Waals surface area contributed by atoms with Gasteiger partial charge in [0.25, 0.3) is 0 Å². The van der Waals surface area contributed by atoms with E-state index in [2.05, 4.69) is 37.8 Å². The first-order valence-corrected chi connectivity index (χ1v) is 10.2. The zero-order valence-electron chi connectivity index (χ0n) is 17.9. The van der Waals surface area contributed by atoms with Crippen molar-refractivity contribution in [1.29, 1.82) is 10.5 Å². The summed E-state index contributed by atoms with van der Waals surface area (Å²) in [6.45, 7) is 8.63. The maximum absolute atomic E-state index is 9.78. The lowest BCUT2D eigenvalue weighted by atomic mass is 9.99. The number of benzene rings is 2. The lowest BCUT2D eigenvalue weighted by molar-refractivity contribution is 0.171. The molecule has 1 aliphatic rings. The molecule has 154 valence electrons. The van der Waals surface area contributed by atoms with Crippen LogP contribution in [0.4, 0.5) is 5.69 Å². The summed E-state index contributed by atoms with van der Waals surface area (Å²) < 4.78 is 5.84. The van der Waals surface area contributed by atoms with Gasteiger partial charge in [-0.1, -0.05) is 18.2 Å². The number of para-hydroxylation sites is 1. The number of rotatable bonds is 6. The van der Waals surface area contributed by atoms with Gasteiger partial charge in [0.05, 0.1) is 17.7 Å². The maximum atomic E-state index is 9.78. The van der Waals surface area contributed by atoms with Crippen LogP contribution in [0.5, 0.6) is 11.5 Å². The van der Waals surface area contributed by atoms with Crippen molar-refractivity contribution in [1.82, 2.24) is 4.90 Å². The quantitative estimate of drug-likeness (QED) is 0.484. The molecule has 1 saturated heterocycles. The third-order valence-corrected chi connectivity index (χ3v) is 5.39. The Balaban J connectivity index is 1.76. The number of nitriles is 2. The molecule has 0 amide bonds. The van der Waals surface area contributed by atoms with E-state index in [1.165, 1.54) is 0 Å². The zero-order chi connectivity index (χ0) is 21.6. The first-order chi connectivity index (χ1) is 14.4. The predicted octanol–water partition coefficient (Wildman–Crippen LogP) is 5.34. The summed E-state index contributed by atoms with van der Waals surface area (Å²) in [5, 5.41) is 19.1. The second-order valence-electron chi connectivity index (χ2n) is 8.49. The molecule has 0 unspecified atom stereocenters. The molecule has 1 aliphatic heterocycles. The van der Waals surface area contributed by atoms with Gasteiger partial charge in [-0.2, -0.15) is 10.5 Å². The highest BCUT2D eigenvalue weighted by molar-refractivity contribution is 5.54. The van der Waals surface area contributed by atoms with Gasteiger partial charge in [0.1, 0.15) is 18.0 Å². The number of likely N-dealkylation sites (tertiary alicyclic amines) is 1. The molecule has 2 aromatic rings. The Morgan fingerprint density at radius 1 is 1.10 bits per heavy atom. The normalized spacial score (nSPS) is 17.2. The fourth-order valence-corrected chi connectivity index (χ4v) is 3.63. The highest BCUT2D eigenvalue weighted by Gasteiger charge is 2.32. The first-order valence-electron chi connectivity index (χ1n) is 10.2. The van der Waals surface area contributed by atoms with Crippen LogP contribution in [0.1, 0.15) is 27.2 Å². The van der Waals surface area contributed by atoms with Gasteiger partial charge in [0.15, 0.2) is 0 Å². The van der Waals surface area contributed by atoms with Gasteiger partial charge >= 0.3 is 0 Å². The van der Waals surface area contributed by atoms with Gasteiger partial charge in [-0.05, 0) is 70.1 Å². The van der Waals surface area contributed by atoms with E-state index >= 15 is 0 Å². The van der Waals surface area contributed by atoms with Crippen molar-refractivity contribution in [3.05, 3.63) is 66.4 Å². The summed E-state index contributed by atoms with van der Waals surface area (Å²) in [6.07, 6.45) is 2.80. The number of hydrogen-bond acceptors (Lipinski definition) is 5. The highest BCUT2D eigenvalue weighted by atomic mass is 16.5. The van der Waals surface area contributed by atoms with E-state index in [1.807, 2.05) is 65.7 Å². The van der Waals surface area contributed by atoms with Crippen molar-refractivity contribution in [2.45, 2.75) is 32.7 Å². The van der Waals surface area contributed by atoms with Gasteiger partial charge in [-0.3, -0.25) is 4.90 Å². The van der Waals surface area contributed by atoms with E-state index in [4.69, 9.17) is 4.74 Å². The van der Waals surface area contributed by atoms with E-state index in [9.17, 15) is 10.5 Å². The summed E-state index contributed by atoms with van der Waals surface area (Å²) in [4.78, 5) is 4.25. The van der Waals surface area contributed by atoms with Crippen molar-refractivity contribution in [2.24, 2.45) is 5.92 Å². The monoisotopic (exact) mass is 400 g/mol. The van der Waals surface area contributed by atoms with Gasteiger partial charge in [-0.25, -0.2) is 0 Å². The Hall–Kier alpha value is -3.28. The summed E-state index contributed by atoms with van der Waals surface area (Å²) in [6, 6.07) is 21.8. The van der Waals surface area contributed by atoms with Gasteiger partial charge in [0, 0.05) is 29.9 Å². The van der Waals surface area contributed by atoms with Crippen LogP contribution in [-0.2, 0) is 0 Å². The molecular weight excluding hydrogens is 372 g/mol. The van der Waals surface area contributed by atoms with Crippen molar-refractivity contribution in [3.8, 4) is 23.6 Å². The molecule has 1 heterocycles. The number of ether oxygens (including phenoxy) is 1. The fourth-order valence-electron chi connectivity index (χ4n) is 3.63. The van der Waals surface area contributed by atoms with Crippen LogP contribution in [0.3, 0.4) is 0 Å². The molecule has 0 bridgehead atoms. The zero-order valence-corrected chi connectivity index (χ0v) is 17.9. The smallest absolute Gasteiger partial charge is 0.127 e. The molecule has 0 N–H and O–H groups in total. The lowest BCUT2D eigenvalue weighted by Gasteiger charge is -2.31. The second-order valence-corrected chi connectivity index (χ2v) is 8.49. The average Bonchev–Trinajstić information content (AvgIpc) is 3.23.